The molecular weight excluding hydrogens is 198 g/mol. The summed E-state index contributed by atoms with van der Waals surface area (Å²) in [4.78, 5) is 11.6. The van der Waals surface area contributed by atoms with Crippen LogP contribution in [0, 0.1) is 5.41 Å². The van der Waals surface area contributed by atoms with Crippen LogP contribution in [0.2, 0.25) is 0 Å². The van der Waals surface area contributed by atoms with Crippen molar-refractivity contribution in [3.8, 4) is 0 Å². The number of anilines is 1. The van der Waals surface area contributed by atoms with Gasteiger partial charge in [-0.3, -0.25) is 4.79 Å². The lowest BCUT2D eigenvalue weighted by Crippen LogP contribution is -2.23. The van der Waals surface area contributed by atoms with Crippen LogP contribution in [-0.4, -0.2) is 5.78 Å². The summed E-state index contributed by atoms with van der Waals surface area (Å²) in [5, 5.41) is 3.31. The van der Waals surface area contributed by atoms with E-state index in [-0.39, 0.29) is 5.41 Å². The number of benzene rings is 1. The molecule has 1 N–H and O–H groups in total. The predicted octanol–water partition coefficient (Wildman–Crippen LogP) is 3.37. The number of hydrogen-bond donors (Lipinski definition) is 1. The molecule has 2 rings (SSSR count). The van der Waals surface area contributed by atoms with Gasteiger partial charge in [-0.2, -0.15) is 0 Å². The van der Waals surface area contributed by atoms with Gasteiger partial charge in [0.1, 0.15) is 5.78 Å². The molecule has 0 saturated heterocycles. The average molecular weight is 215 g/mol. The van der Waals surface area contributed by atoms with Crippen LogP contribution >= 0.6 is 0 Å². The van der Waals surface area contributed by atoms with Gasteiger partial charge in [-0.05, 0) is 17.5 Å². The van der Waals surface area contributed by atoms with Crippen LogP contribution in [0.1, 0.15) is 26.7 Å². The van der Waals surface area contributed by atoms with Gasteiger partial charge in [0.15, 0.2) is 0 Å². The maximum atomic E-state index is 11.6. The number of allylic oxidation sites excluding steroid dienone is 2. The van der Waals surface area contributed by atoms with Crippen LogP contribution < -0.4 is 5.32 Å². The molecule has 2 heteroatoms. The van der Waals surface area contributed by atoms with Crippen molar-refractivity contribution in [2.45, 2.75) is 26.7 Å². The Bertz CT molecular complexity index is 418. The molecule has 0 heterocycles. The number of para-hydroxylation sites is 1. The molecule has 0 unspecified atom stereocenters. The summed E-state index contributed by atoms with van der Waals surface area (Å²) in [5.74, 6) is 0.311. The molecule has 1 aromatic carbocycles. The summed E-state index contributed by atoms with van der Waals surface area (Å²) >= 11 is 0. The molecule has 0 bridgehead atoms. The quantitative estimate of drug-likeness (QED) is 0.819. The standard InChI is InChI=1S/C14H17NO/c1-14(2)9-12(8-13(16)10-14)15-11-6-4-3-5-7-11/h3-7,9,15H,8,10H2,1-2H3. The summed E-state index contributed by atoms with van der Waals surface area (Å²) in [6, 6.07) is 9.97. The van der Waals surface area contributed by atoms with Crippen molar-refractivity contribution in [2.24, 2.45) is 5.41 Å². The zero-order valence-corrected chi connectivity index (χ0v) is 9.79. The van der Waals surface area contributed by atoms with E-state index >= 15 is 0 Å². The number of carbonyl (C=O) groups is 1. The van der Waals surface area contributed by atoms with Crippen LogP contribution in [0.15, 0.2) is 42.1 Å². The number of Topliss-reactive ketones (excluding diaryl/α,β-unsaturated/α-hetero) is 1. The van der Waals surface area contributed by atoms with Gasteiger partial charge in [0.05, 0.1) is 0 Å². The summed E-state index contributed by atoms with van der Waals surface area (Å²) in [7, 11) is 0. The van der Waals surface area contributed by atoms with Gasteiger partial charge in [0.2, 0.25) is 0 Å². The van der Waals surface area contributed by atoms with Crippen LogP contribution in [0.4, 0.5) is 5.69 Å². The van der Waals surface area contributed by atoms with Crippen LogP contribution in [0.3, 0.4) is 0 Å². The molecule has 0 aliphatic heterocycles. The Morgan fingerprint density at radius 3 is 2.50 bits per heavy atom. The largest absolute Gasteiger partial charge is 0.359 e. The van der Waals surface area contributed by atoms with Crippen molar-refractivity contribution in [3.63, 3.8) is 0 Å². The first-order chi connectivity index (χ1) is 7.55. The van der Waals surface area contributed by atoms with Crippen molar-refractivity contribution >= 4 is 11.5 Å². The summed E-state index contributed by atoms with van der Waals surface area (Å²) in [6.07, 6.45) is 3.34. The molecule has 0 atom stereocenters. The summed E-state index contributed by atoms with van der Waals surface area (Å²) < 4.78 is 0. The lowest BCUT2D eigenvalue weighted by molar-refractivity contribution is -0.120. The number of rotatable bonds is 2. The van der Waals surface area contributed by atoms with Gasteiger partial charge >= 0.3 is 0 Å². The first kappa shape index (κ1) is 10.9. The Morgan fingerprint density at radius 2 is 1.88 bits per heavy atom. The van der Waals surface area contributed by atoms with E-state index < -0.39 is 0 Å². The van der Waals surface area contributed by atoms with Crippen LogP contribution in [0.5, 0.6) is 0 Å². The van der Waals surface area contributed by atoms with E-state index in [1.54, 1.807) is 0 Å². The van der Waals surface area contributed by atoms with Gasteiger partial charge < -0.3 is 5.32 Å². The van der Waals surface area contributed by atoms with Crippen molar-refractivity contribution in [1.82, 2.24) is 0 Å². The molecule has 0 radical (unpaired) electrons. The smallest absolute Gasteiger partial charge is 0.139 e. The molecule has 0 fully saturated rings. The summed E-state index contributed by atoms with van der Waals surface area (Å²) in [6.45, 7) is 4.19. The molecule has 1 aliphatic rings. The molecule has 1 aromatic rings. The molecule has 2 nitrogen and oxygen atoms in total. The SMILES string of the molecule is CC1(C)C=C(Nc2ccccc2)CC(=O)C1. The Hall–Kier alpha value is -1.57. The molecule has 0 saturated carbocycles. The lowest BCUT2D eigenvalue weighted by atomic mass is 9.81. The molecular formula is C14H17NO. The van der Waals surface area contributed by atoms with E-state index in [0.717, 1.165) is 11.4 Å². The second kappa shape index (κ2) is 4.12. The third-order valence-corrected chi connectivity index (χ3v) is 2.68. The van der Waals surface area contributed by atoms with Gasteiger partial charge in [-0.1, -0.05) is 38.1 Å². The van der Waals surface area contributed by atoms with Crippen molar-refractivity contribution in [2.75, 3.05) is 5.32 Å². The second-order valence-electron chi connectivity index (χ2n) is 5.04. The molecule has 84 valence electrons. The Labute approximate surface area is 96.4 Å². The van der Waals surface area contributed by atoms with Crippen molar-refractivity contribution in [1.29, 1.82) is 0 Å². The number of hydrogen-bond acceptors (Lipinski definition) is 2. The molecule has 16 heavy (non-hydrogen) atoms. The third kappa shape index (κ3) is 2.72. The lowest BCUT2D eigenvalue weighted by Gasteiger charge is -2.27. The minimum absolute atomic E-state index is 0.0214. The van der Waals surface area contributed by atoms with Gasteiger partial charge in [0, 0.05) is 24.2 Å². The van der Waals surface area contributed by atoms with E-state index in [1.807, 2.05) is 30.3 Å². The Balaban J connectivity index is 2.16. The fourth-order valence-corrected chi connectivity index (χ4v) is 2.14. The van der Waals surface area contributed by atoms with Gasteiger partial charge in [-0.15, -0.1) is 0 Å². The van der Waals surface area contributed by atoms with E-state index in [0.29, 0.717) is 18.6 Å². The average Bonchev–Trinajstić information content (AvgIpc) is 2.15. The minimum Gasteiger partial charge on any atom is -0.359 e. The maximum absolute atomic E-state index is 11.6. The van der Waals surface area contributed by atoms with Gasteiger partial charge in [0.25, 0.3) is 0 Å². The first-order valence-corrected chi connectivity index (χ1v) is 5.61. The van der Waals surface area contributed by atoms with Crippen LogP contribution in [0.25, 0.3) is 0 Å². The predicted molar refractivity (Wildman–Crippen MR) is 66.2 cm³/mol. The fraction of sp³-hybridized carbons (Fsp3) is 0.357. The van der Waals surface area contributed by atoms with Crippen LogP contribution in [-0.2, 0) is 4.79 Å². The normalized spacial score (nSPS) is 19.1. The van der Waals surface area contributed by atoms with E-state index in [2.05, 4.69) is 25.2 Å². The zero-order valence-electron chi connectivity index (χ0n) is 9.79. The highest BCUT2D eigenvalue weighted by Crippen LogP contribution is 2.31. The fourth-order valence-electron chi connectivity index (χ4n) is 2.14. The Morgan fingerprint density at radius 1 is 1.19 bits per heavy atom. The van der Waals surface area contributed by atoms with Gasteiger partial charge in [-0.25, -0.2) is 0 Å². The highest BCUT2D eigenvalue weighted by molar-refractivity contribution is 5.84. The monoisotopic (exact) mass is 215 g/mol. The first-order valence-electron chi connectivity index (χ1n) is 5.61. The maximum Gasteiger partial charge on any atom is 0.139 e. The highest BCUT2D eigenvalue weighted by Gasteiger charge is 2.25. The molecule has 0 amide bonds. The second-order valence-corrected chi connectivity index (χ2v) is 5.04. The van der Waals surface area contributed by atoms with E-state index in [9.17, 15) is 4.79 Å². The third-order valence-electron chi connectivity index (χ3n) is 2.68. The van der Waals surface area contributed by atoms with Crippen molar-refractivity contribution in [3.05, 3.63) is 42.1 Å². The van der Waals surface area contributed by atoms with E-state index in [4.69, 9.17) is 0 Å². The molecule has 0 spiro atoms. The molecule has 1 aliphatic carbocycles. The number of carbonyl (C=O) groups excluding carboxylic acids is 1. The summed E-state index contributed by atoms with van der Waals surface area (Å²) in [5.41, 5.74) is 2.04. The molecule has 0 aromatic heterocycles. The minimum atomic E-state index is -0.0214. The van der Waals surface area contributed by atoms with Crippen molar-refractivity contribution < 1.29 is 4.79 Å². The highest BCUT2D eigenvalue weighted by atomic mass is 16.1. The van der Waals surface area contributed by atoms with E-state index in [1.165, 1.54) is 0 Å². The Kier molecular flexibility index (Phi) is 2.82. The topological polar surface area (TPSA) is 29.1 Å². The number of ketones is 1. The zero-order chi connectivity index (χ0) is 11.6. The number of nitrogens with one attached hydrogen (secondary N) is 1.